The Morgan fingerprint density at radius 2 is 1.67 bits per heavy atom. The maximum absolute atomic E-state index is 14.1. The molecule has 0 spiro atoms. The number of anilines is 1. The zero-order valence-corrected chi connectivity index (χ0v) is 12.9. The molecule has 0 saturated carbocycles. The van der Waals surface area contributed by atoms with Crippen LogP contribution in [0.4, 0.5) is 22.6 Å². The van der Waals surface area contributed by atoms with Crippen LogP contribution in [0.1, 0.15) is 5.56 Å². The predicted octanol–water partition coefficient (Wildman–Crippen LogP) is 5.53. The minimum Gasteiger partial charge on any atom is -0.506 e. The van der Waals surface area contributed by atoms with E-state index in [0.717, 1.165) is 17.4 Å². The van der Waals surface area contributed by atoms with E-state index < -0.39 is 17.6 Å². The number of aromatic hydroxyl groups is 1. The van der Waals surface area contributed by atoms with E-state index in [1.165, 1.54) is 0 Å². The smallest absolute Gasteiger partial charge is 0.416 e. The van der Waals surface area contributed by atoms with E-state index >= 15 is 0 Å². The molecule has 0 amide bonds. The summed E-state index contributed by atoms with van der Waals surface area (Å²) in [6, 6.07) is 10.7. The fourth-order valence-corrected chi connectivity index (χ4v) is 3.36. The maximum atomic E-state index is 14.1. The molecule has 3 rings (SSSR count). The van der Waals surface area contributed by atoms with Crippen molar-refractivity contribution in [1.29, 1.82) is 0 Å². The summed E-state index contributed by atoms with van der Waals surface area (Å²) < 4.78 is 52.7. The molecule has 0 bridgehead atoms. The zero-order valence-electron chi connectivity index (χ0n) is 12.1. The Balaban J connectivity index is 2.20. The molecule has 1 heterocycles. The highest BCUT2D eigenvalue weighted by atomic mass is 32.1. The van der Waals surface area contributed by atoms with Gasteiger partial charge in [-0.3, -0.25) is 0 Å². The summed E-state index contributed by atoms with van der Waals surface area (Å²) in [5.74, 6) is -1.22. The highest BCUT2D eigenvalue weighted by molar-refractivity contribution is 7.20. The number of hydrogen-bond donors (Lipinski definition) is 2. The van der Waals surface area contributed by atoms with Gasteiger partial charge in [0, 0.05) is 5.56 Å². The topological polar surface area (TPSA) is 46.2 Å². The molecule has 0 unspecified atom stereocenters. The molecule has 0 saturated heterocycles. The van der Waals surface area contributed by atoms with Crippen LogP contribution in [-0.4, -0.2) is 5.11 Å². The van der Waals surface area contributed by atoms with Crippen LogP contribution in [0.25, 0.3) is 21.6 Å². The van der Waals surface area contributed by atoms with E-state index in [-0.39, 0.29) is 21.9 Å². The quantitative estimate of drug-likeness (QED) is 0.595. The number of benzene rings is 2. The molecule has 0 radical (unpaired) electrons. The summed E-state index contributed by atoms with van der Waals surface area (Å²) in [4.78, 5) is 0.375. The number of rotatable bonds is 2. The first-order valence-corrected chi connectivity index (χ1v) is 7.64. The van der Waals surface area contributed by atoms with Crippen LogP contribution in [-0.2, 0) is 6.18 Å². The van der Waals surface area contributed by atoms with Gasteiger partial charge in [-0.1, -0.05) is 30.3 Å². The molecule has 3 aromatic rings. The van der Waals surface area contributed by atoms with E-state index in [2.05, 4.69) is 0 Å². The van der Waals surface area contributed by atoms with Crippen LogP contribution in [0.2, 0.25) is 0 Å². The monoisotopic (exact) mass is 353 g/mol. The first kappa shape index (κ1) is 16.3. The predicted molar refractivity (Wildman–Crippen MR) is 86.2 cm³/mol. The van der Waals surface area contributed by atoms with Crippen LogP contribution in [0.3, 0.4) is 0 Å². The third-order valence-corrected chi connectivity index (χ3v) is 4.57. The first-order valence-electron chi connectivity index (χ1n) is 6.83. The lowest BCUT2D eigenvalue weighted by atomic mass is 10.0. The van der Waals surface area contributed by atoms with Crippen molar-refractivity contribution in [3.05, 3.63) is 59.9 Å². The second-order valence-corrected chi connectivity index (χ2v) is 6.13. The number of nitrogen functional groups attached to an aromatic ring is 1. The average molecular weight is 353 g/mol. The largest absolute Gasteiger partial charge is 0.506 e. The Bertz CT molecular complexity index is 888. The highest BCUT2D eigenvalue weighted by Gasteiger charge is 2.32. The molecule has 0 atom stereocenters. The van der Waals surface area contributed by atoms with Crippen LogP contribution < -0.4 is 5.73 Å². The number of nitrogens with two attached hydrogens (primary N) is 1. The van der Waals surface area contributed by atoms with Crippen molar-refractivity contribution in [2.45, 2.75) is 6.18 Å². The molecule has 0 fully saturated rings. The van der Waals surface area contributed by atoms with Gasteiger partial charge in [0.1, 0.15) is 11.6 Å². The molecule has 2 nitrogen and oxygen atoms in total. The van der Waals surface area contributed by atoms with E-state index in [1.54, 1.807) is 30.3 Å². The lowest BCUT2D eigenvalue weighted by Gasteiger charge is -2.10. The SMILES string of the molecule is Nc1sc(-c2ccccc2)c(O)c1-c1cc(C(F)(F)F)ccc1F. The van der Waals surface area contributed by atoms with Crippen molar-refractivity contribution in [2.75, 3.05) is 5.73 Å². The van der Waals surface area contributed by atoms with Gasteiger partial charge >= 0.3 is 6.18 Å². The third kappa shape index (κ3) is 2.82. The van der Waals surface area contributed by atoms with Gasteiger partial charge in [0.2, 0.25) is 0 Å². The highest BCUT2D eigenvalue weighted by Crippen LogP contribution is 2.50. The van der Waals surface area contributed by atoms with E-state index in [0.29, 0.717) is 22.6 Å². The summed E-state index contributed by atoms with van der Waals surface area (Å²) in [6.45, 7) is 0. The van der Waals surface area contributed by atoms with Crippen LogP contribution >= 0.6 is 11.3 Å². The summed E-state index contributed by atoms with van der Waals surface area (Å²) in [5, 5.41) is 10.5. The van der Waals surface area contributed by atoms with Crippen molar-refractivity contribution in [1.82, 2.24) is 0 Å². The molecule has 3 N–H and O–H groups in total. The number of alkyl halides is 3. The Labute approximate surface area is 138 Å². The maximum Gasteiger partial charge on any atom is 0.416 e. The van der Waals surface area contributed by atoms with E-state index in [1.807, 2.05) is 0 Å². The Morgan fingerprint density at radius 3 is 2.29 bits per heavy atom. The second kappa shape index (κ2) is 5.83. The lowest BCUT2D eigenvalue weighted by molar-refractivity contribution is -0.137. The van der Waals surface area contributed by atoms with Crippen molar-refractivity contribution < 1.29 is 22.7 Å². The first-order chi connectivity index (χ1) is 11.3. The van der Waals surface area contributed by atoms with Gasteiger partial charge in [0.15, 0.2) is 0 Å². The number of hydrogen-bond acceptors (Lipinski definition) is 3. The molecular weight excluding hydrogens is 342 g/mol. The summed E-state index contributed by atoms with van der Waals surface area (Å²) >= 11 is 0.991. The van der Waals surface area contributed by atoms with Gasteiger partial charge in [0.25, 0.3) is 0 Å². The summed E-state index contributed by atoms with van der Waals surface area (Å²) in [5.41, 5.74) is 4.99. The molecular formula is C17H11F4NOS. The normalized spacial score (nSPS) is 11.7. The Hall–Kier alpha value is -2.54. The third-order valence-electron chi connectivity index (χ3n) is 3.51. The molecule has 124 valence electrons. The Morgan fingerprint density at radius 1 is 1.00 bits per heavy atom. The van der Waals surface area contributed by atoms with Crippen molar-refractivity contribution in [2.24, 2.45) is 0 Å². The van der Waals surface area contributed by atoms with Crippen LogP contribution in [0.5, 0.6) is 5.75 Å². The molecule has 0 aliphatic rings. The summed E-state index contributed by atoms with van der Waals surface area (Å²) in [7, 11) is 0. The number of thiophene rings is 1. The summed E-state index contributed by atoms with van der Waals surface area (Å²) in [6.07, 6.45) is -4.62. The van der Waals surface area contributed by atoms with E-state index in [4.69, 9.17) is 5.73 Å². The van der Waals surface area contributed by atoms with Gasteiger partial charge in [0.05, 0.1) is 21.0 Å². The molecule has 24 heavy (non-hydrogen) atoms. The molecule has 7 heteroatoms. The molecule has 2 aromatic carbocycles. The fourth-order valence-electron chi connectivity index (χ4n) is 2.38. The standard InChI is InChI=1S/C17H11F4NOS/c18-12-7-6-10(17(19,20)21)8-11(12)13-14(23)15(24-16(13)22)9-4-2-1-3-5-9/h1-8,23H,22H2. The molecule has 0 aliphatic carbocycles. The van der Waals surface area contributed by atoms with Crippen LogP contribution in [0.15, 0.2) is 48.5 Å². The zero-order chi connectivity index (χ0) is 17.5. The van der Waals surface area contributed by atoms with Crippen molar-refractivity contribution in [3.8, 4) is 27.3 Å². The lowest BCUT2D eigenvalue weighted by Crippen LogP contribution is -2.05. The van der Waals surface area contributed by atoms with Gasteiger partial charge in [-0.25, -0.2) is 4.39 Å². The van der Waals surface area contributed by atoms with Gasteiger partial charge in [-0.2, -0.15) is 13.2 Å². The van der Waals surface area contributed by atoms with Crippen molar-refractivity contribution >= 4 is 16.3 Å². The van der Waals surface area contributed by atoms with Crippen molar-refractivity contribution in [3.63, 3.8) is 0 Å². The van der Waals surface area contributed by atoms with Gasteiger partial charge < -0.3 is 10.8 Å². The average Bonchev–Trinajstić information content (AvgIpc) is 2.83. The minimum atomic E-state index is -4.62. The van der Waals surface area contributed by atoms with Gasteiger partial charge in [-0.05, 0) is 23.8 Å². The second-order valence-electron chi connectivity index (χ2n) is 5.08. The van der Waals surface area contributed by atoms with Crippen LogP contribution in [0, 0.1) is 5.82 Å². The minimum absolute atomic E-state index is 0.0459. The molecule has 1 aromatic heterocycles. The fraction of sp³-hybridized carbons (Fsp3) is 0.0588. The Kier molecular flexibility index (Phi) is 3.96. The van der Waals surface area contributed by atoms with Gasteiger partial charge in [-0.15, -0.1) is 11.3 Å². The van der Waals surface area contributed by atoms with E-state index in [9.17, 15) is 22.7 Å². The number of halogens is 4. The molecule has 0 aliphatic heterocycles.